The molecule has 0 amide bonds. The van der Waals surface area contributed by atoms with Crippen LogP contribution in [0.25, 0.3) is 0 Å². The van der Waals surface area contributed by atoms with E-state index in [9.17, 15) is 0 Å². The van der Waals surface area contributed by atoms with Gasteiger partial charge in [0.25, 0.3) is 0 Å². The predicted molar refractivity (Wildman–Crippen MR) is 72.7 cm³/mol. The number of hydrogen-bond donors (Lipinski definition) is 1. The van der Waals surface area contributed by atoms with Crippen molar-refractivity contribution in [3.63, 3.8) is 0 Å². The molecule has 1 N–H and O–H groups in total. The summed E-state index contributed by atoms with van der Waals surface area (Å²) < 4.78 is 0. The van der Waals surface area contributed by atoms with Crippen LogP contribution in [0, 0.1) is 5.92 Å². The molecule has 2 nitrogen and oxygen atoms in total. The van der Waals surface area contributed by atoms with Crippen molar-refractivity contribution >= 4 is 5.69 Å². The molecule has 2 aliphatic rings. The lowest BCUT2D eigenvalue weighted by Crippen LogP contribution is -2.22. The number of hydrogen-bond acceptors (Lipinski definition) is 2. The summed E-state index contributed by atoms with van der Waals surface area (Å²) >= 11 is 0. The molecule has 1 aliphatic carbocycles. The maximum Gasteiger partial charge on any atom is 0.0366 e. The summed E-state index contributed by atoms with van der Waals surface area (Å²) in [6.45, 7) is 9.01. The average molecular weight is 230 g/mol. The first-order chi connectivity index (χ1) is 8.30. The van der Waals surface area contributed by atoms with E-state index in [1.54, 1.807) is 5.56 Å². The van der Waals surface area contributed by atoms with Crippen LogP contribution in [0.1, 0.15) is 25.8 Å². The second-order valence-corrected chi connectivity index (χ2v) is 5.41. The molecule has 2 heteroatoms. The molecule has 0 spiro atoms. The van der Waals surface area contributed by atoms with Gasteiger partial charge in [-0.15, -0.1) is 0 Å². The summed E-state index contributed by atoms with van der Waals surface area (Å²) in [5.74, 6) is 0.904. The third-order valence-corrected chi connectivity index (χ3v) is 4.63. The molecule has 0 radical (unpaired) electrons. The van der Waals surface area contributed by atoms with Crippen LogP contribution < -0.4 is 10.2 Å². The second-order valence-electron chi connectivity index (χ2n) is 5.41. The van der Waals surface area contributed by atoms with Crippen LogP contribution in [-0.2, 0) is 5.41 Å². The van der Waals surface area contributed by atoms with Crippen molar-refractivity contribution in [2.45, 2.75) is 25.7 Å². The van der Waals surface area contributed by atoms with Crippen LogP contribution in [0.2, 0.25) is 0 Å². The first-order valence-electron chi connectivity index (χ1n) is 6.86. The van der Waals surface area contributed by atoms with E-state index in [1.165, 1.54) is 25.2 Å². The molecular weight excluding hydrogens is 208 g/mol. The molecule has 0 aromatic heterocycles. The van der Waals surface area contributed by atoms with Gasteiger partial charge in [0, 0.05) is 30.7 Å². The number of nitrogens with one attached hydrogen (secondary N) is 1. The van der Waals surface area contributed by atoms with Crippen LogP contribution in [0.5, 0.6) is 0 Å². The third-order valence-electron chi connectivity index (χ3n) is 4.63. The van der Waals surface area contributed by atoms with Gasteiger partial charge in [0.05, 0.1) is 0 Å². The van der Waals surface area contributed by atoms with Crippen LogP contribution in [0.3, 0.4) is 0 Å². The molecule has 2 fully saturated rings. The first kappa shape index (κ1) is 11.1. The molecule has 1 aromatic rings. The molecule has 3 rings (SSSR count). The van der Waals surface area contributed by atoms with Crippen molar-refractivity contribution in [3.05, 3.63) is 29.8 Å². The molecule has 1 saturated carbocycles. The fourth-order valence-electron chi connectivity index (χ4n) is 3.38. The van der Waals surface area contributed by atoms with Gasteiger partial charge in [-0.2, -0.15) is 0 Å². The van der Waals surface area contributed by atoms with Gasteiger partial charge in [0.15, 0.2) is 0 Å². The quantitative estimate of drug-likeness (QED) is 0.854. The van der Waals surface area contributed by atoms with Crippen LogP contribution >= 0.6 is 0 Å². The van der Waals surface area contributed by atoms with E-state index < -0.39 is 0 Å². The summed E-state index contributed by atoms with van der Waals surface area (Å²) in [4.78, 5) is 2.40. The van der Waals surface area contributed by atoms with Gasteiger partial charge in [-0.1, -0.05) is 12.1 Å². The number of nitrogens with zero attached hydrogens (tertiary/aromatic N) is 1. The minimum atomic E-state index is 0.502. The van der Waals surface area contributed by atoms with E-state index in [1.807, 2.05) is 0 Å². The number of fused-ring (bicyclic) bond motifs is 1. The Kier molecular flexibility index (Phi) is 2.62. The SMILES string of the molecule is CCN(CC)c1ccc(C23CNCC2C3)cc1. The largest absolute Gasteiger partial charge is 0.372 e. The van der Waals surface area contributed by atoms with E-state index in [2.05, 4.69) is 48.3 Å². The molecule has 17 heavy (non-hydrogen) atoms. The van der Waals surface area contributed by atoms with E-state index in [0.717, 1.165) is 19.0 Å². The third kappa shape index (κ3) is 1.66. The van der Waals surface area contributed by atoms with Gasteiger partial charge in [0.1, 0.15) is 0 Å². The van der Waals surface area contributed by atoms with Gasteiger partial charge in [-0.25, -0.2) is 0 Å². The zero-order chi connectivity index (χ0) is 11.9. The van der Waals surface area contributed by atoms with Crippen molar-refractivity contribution < 1.29 is 0 Å². The maximum atomic E-state index is 3.51. The monoisotopic (exact) mass is 230 g/mol. The van der Waals surface area contributed by atoms with E-state index in [4.69, 9.17) is 0 Å². The second kappa shape index (κ2) is 4.02. The van der Waals surface area contributed by atoms with E-state index >= 15 is 0 Å². The molecule has 92 valence electrons. The number of anilines is 1. The van der Waals surface area contributed by atoms with Gasteiger partial charge in [-0.05, 0) is 50.4 Å². The normalized spacial score (nSPS) is 30.1. The fourth-order valence-corrected chi connectivity index (χ4v) is 3.38. The predicted octanol–water partition coefficient (Wildman–Crippen LogP) is 2.39. The Morgan fingerprint density at radius 3 is 2.41 bits per heavy atom. The molecular formula is C15H22N2. The van der Waals surface area contributed by atoms with Gasteiger partial charge < -0.3 is 10.2 Å². The first-order valence-corrected chi connectivity index (χ1v) is 6.86. The smallest absolute Gasteiger partial charge is 0.0366 e. The average Bonchev–Trinajstić information content (AvgIpc) is 2.94. The molecule has 0 bridgehead atoms. The summed E-state index contributed by atoms with van der Waals surface area (Å²) in [5, 5.41) is 3.51. The molecule has 1 aliphatic heterocycles. The van der Waals surface area contributed by atoms with Crippen molar-refractivity contribution in [2.24, 2.45) is 5.92 Å². The molecule has 1 heterocycles. The van der Waals surface area contributed by atoms with Gasteiger partial charge >= 0.3 is 0 Å². The topological polar surface area (TPSA) is 15.3 Å². The molecule has 2 atom stereocenters. The standard InChI is InChI=1S/C15H22N2/c1-3-17(4-2)14-7-5-12(6-8-14)15-9-13(15)10-16-11-15/h5-8,13,16H,3-4,9-11H2,1-2H3. The maximum absolute atomic E-state index is 3.51. The van der Waals surface area contributed by atoms with Crippen LogP contribution in [0.15, 0.2) is 24.3 Å². The summed E-state index contributed by atoms with van der Waals surface area (Å²) in [7, 11) is 0. The summed E-state index contributed by atoms with van der Waals surface area (Å²) in [6.07, 6.45) is 1.39. The summed E-state index contributed by atoms with van der Waals surface area (Å²) in [5.41, 5.74) is 3.41. The Morgan fingerprint density at radius 1 is 1.24 bits per heavy atom. The lowest BCUT2D eigenvalue weighted by atomic mass is 9.95. The fraction of sp³-hybridized carbons (Fsp3) is 0.600. The van der Waals surface area contributed by atoms with Gasteiger partial charge in [-0.3, -0.25) is 0 Å². The van der Waals surface area contributed by atoms with Crippen molar-refractivity contribution in [3.8, 4) is 0 Å². The number of rotatable bonds is 4. The minimum absolute atomic E-state index is 0.502. The van der Waals surface area contributed by atoms with Crippen LogP contribution in [-0.4, -0.2) is 26.2 Å². The van der Waals surface area contributed by atoms with Crippen molar-refractivity contribution in [2.75, 3.05) is 31.1 Å². The van der Waals surface area contributed by atoms with Crippen LogP contribution in [0.4, 0.5) is 5.69 Å². The molecule has 1 aromatic carbocycles. The number of benzene rings is 1. The molecule has 2 unspecified atom stereocenters. The van der Waals surface area contributed by atoms with E-state index in [0.29, 0.717) is 5.41 Å². The summed E-state index contributed by atoms with van der Waals surface area (Å²) in [6, 6.07) is 9.29. The van der Waals surface area contributed by atoms with Crippen molar-refractivity contribution in [1.82, 2.24) is 5.32 Å². The molecule has 1 saturated heterocycles. The Hall–Kier alpha value is -1.02. The number of piperidine rings is 1. The highest BCUT2D eigenvalue weighted by Crippen LogP contribution is 2.56. The Bertz CT molecular complexity index is 394. The Morgan fingerprint density at radius 2 is 1.94 bits per heavy atom. The highest BCUT2D eigenvalue weighted by Gasteiger charge is 2.57. The zero-order valence-corrected chi connectivity index (χ0v) is 10.9. The highest BCUT2D eigenvalue weighted by atomic mass is 15.1. The minimum Gasteiger partial charge on any atom is -0.372 e. The zero-order valence-electron chi connectivity index (χ0n) is 10.9. The lowest BCUT2D eigenvalue weighted by molar-refractivity contribution is 0.675. The van der Waals surface area contributed by atoms with E-state index in [-0.39, 0.29) is 0 Å². The van der Waals surface area contributed by atoms with Crippen molar-refractivity contribution in [1.29, 1.82) is 0 Å². The van der Waals surface area contributed by atoms with Gasteiger partial charge in [0.2, 0.25) is 0 Å². The highest BCUT2D eigenvalue weighted by molar-refractivity contribution is 5.50. The Balaban J connectivity index is 1.81. The Labute approximate surface area is 104 Å². The lowest BCUT2D eigenvalue weighted by Gasteiger charge is -2.22.